The Morgan fingerprint density at radius 3 is 1.16 bits per heavy atom. The van der Waals surface area contributed by atoms with Crippen LogP contribution in [0, 0.1) is 17.5 Å². The number of halogens is 6. The summed E-state index contributed by atoms with van der Waals surface area (Å²) in [6.45, 7) is 4.70. The van der Waals surface area contributed by atoms with E-state index in [2.05, 4.69) is 50.6 Å². The summed E-state index contributed by atoms with van der Waals surface area (Å²) in [5.41, 5.74) is 41.6. The molecule has 112 heavy (non-hydrogen) atoms. The van der Waals surface area contributed by atoms with Gasteiger partial charge in [-0.25, -0.2) is 52.7 Å². The smallest absolute Gasteiger partial charge is 0.407 e. The molecule has 9 aromatic rings. The molecule has 18 N–H and O–H groups in total. The normalized spacial score (nSPS) is 18.1. The number of rotatable bonds is 18. The summed E-state index contributed by atoms with van der Waals surface area (Å²) < 4.78 is 54.3. The van der Waals surface area contributed by atoms with Crippen molar-refractivity contribution < 1.29 is 57.1 Å². The van der Waals surface area contributed by atoms with Gasteiger partial charge in [0.2, 0.25) is 0 Å². The van der Waals surface area contributed by atoms with Gasteiger partial charge >= 0.3 is 12.1 Å². The number of methoxy groups -OCH3 is 1. The summed E-state index contributed by atoms with van der Waals surface area (Å²) >= 11 is 17.7. The monoisotopic (exact) mass is 1620 g/mol. The van der Waals surface area contributed by atoms with Gasteiger partial charge in [-0.05, 0) is 187 Å². The number of hydrogen-bond donors (Lipinski definition) is 12. The van der Waals surface area contributed by atoms with E-state index in [1.165, 1.54) is 43.5 Å². The summed E-state index contributed by atoms with van der Waals surface area (Å²) in [5, 5.41) is 37.9. The number of aliphatic hydroxyl groups is 3. The Labute approximate surface area is 670 Å². The van der Waals surface area contributed by atoms with Crippen LogP contribution in [0.15, 0.2) is 146 Å². The predicted molar refractivity (Wildman–Crippen MR) is 433 cm³/mol. The number of aliphatic hydroxyl groups excluding tert-OH is 3. The van der Waals surface area contributed by atoms with E-state index in [1.54, 1.807) is 97.5 Å². The first-order valence-electron chi connectivity index (χ1n) is 36.3. The average Bonchev–Trinajstić information content (AvgIpc) is 0.807. The number of aromatic nitrogens is 6. The topological polar surface area (TPSA) is 417 Å². The Bertz CT molecular complexity index is 4520. The number of anilines is 3. The van der Waals surface area contributed by atoms with Crippen LogP contribution in [0.25, 0.3) is 33.8 Å². The standard InChI is InChI=1S/2C25H27ClFN5O2.C23H29FN4O4.C8H10ClNO.H2S/c2*26-17-3-1-2-15(10-17)22(13-33)32-25(34)19-9-6-16(11-20(19)27)23-24(29)30-12-21(31-23)14-4-7-18(28)8-5-14;1-23(2,3)32-22(30)27-15-8-5-13(6-9-15)18-12-26-20(25)19(28-18)14-7-10-16(17(24)11-14)21(29)31-4;9-7-3-1-2-6(4-7)8(10)5-11;/h2*1-3,6,9-12,14,18,22,33H,4-5,7-8,13,28H2,(H2,29,30)(H,32,34);7,10-13,15H,5-6,8-9H2,1-4H3,(H2,25,26)(H,27,30);1-4,8,11H,5,10H2;1H2/t2*14?,18?,22-;;8-;/m11.1./s1. The molecule has 0 spiro atoms. The molecule has 0 radical (unpaired) electrons. The largest absolute Gasteiger partial charge is 0.465 e. The molecule has 3 aliphatic carbocycles. The van der Waals surface area contributed by atoms with E-state index in [9.17, 15) is 42.6 Å². The van der Waals surface area contributed by atoms with Gasteiger partial charge in [-0.3, -0.25) is 9.59 Å². The summed E-state index contributed by atoms with van der Waals surface area (Å²) in [4.78, 5) is 75.9. The number of alkyl carbamates (subject to hydrolysis) is 1. The maximum atomic E-state index is 15.0. The minimum Gasteiger partial charge on any atom is -0.465 e. The second-order valence-corrected chi connectivity index (χ2v) is 29.8. The van der Waals surface area contributed by atoms with Crippen LogP contribution in [-0.4, -0.2) is 120 Å². The molecule has 6 aromatic carbocycles. The Morgan fingerprint density at radius 1 is 0.500 bits per heavy atom. The number of esters is 1. The van der Waals surface area contributed by atoms with Gasteiger partial charge in [-0.2, -0.15) is 13.5 Å². The van der Waals surface area contributed by atoms with Crippen molar-refractivity contribution in [1.82, 2.24) is 45.9 Å². The molecule has 31 heteroatoms. The lowest BCUT2D eigenvalue weighted by Gasteiger charge is -2.30. The molecule has 3 saturated carbocycles. The third-order valence-electron chi connectivity index (χ3n) is 19.3. The highest BCUT2D eigenvalue weighted by atomic mass is 35.5. The molecule has 3 amide bonds. The van der Waals surface area contributed by atoms with E-state index in [-0.39, 0.29) is 109 Å². The molecular weight excluding hydrogens is 1520 g/mol. The molecule has 0 saturated heterocycles. The first-order chi connectivity index (χ1) is 53.0. The molecular formula is C81H95Cl3F3N15O9S. The first-order valence-corrected chi connectivity index (χ1v) is 37.5. The molecule has 3 heterocycles. The molecule has 3 atom stereocenters. The molecule has 24 nitrogen and oxygen atoms in total. The number of nitrogens with one attached hydrogen (secondary N) is 3. The first kappa shape index (κ1) is 88.0. The number of nitrogen functional groups attached to an aromatic ring is 3. The molecule has 0 aliphatic heterocycles. The molecule has 0 unspecified atom stereocenters. The van der Waals surface area contributed by atoms with Crippen LogP contribution in [-0.2, 0) is 9.47 Å². The van der Waals surface area contributed by atoms with Gasteiger partial charge in [0.15, 0.2) is 0 Å². The Balaban J connectivity index is 0.000000196. The zero-order chi connectivity index (χ0) is 80.2. The maximum Gasteiger partial charge on any atom is 0.407 e. The summed E-state index contributed by atoms with van der Waals surface area (Å²) in [6, 6.07) is 31.9. The van der Waals surface area contributed by atoms with Crippen LogP contribution >= 0.6 is 48.3 Å². The highest BCUT2D eigenvalue weighted by Gasteiger charge is 2.30. The van der Waals surface area contributed by atoms with Crippen LogP contribution in [0.1, 0.15) is 199 Å². The van der Waals surface area contributed by atoms with Gasteiger partial charge in [0.1, 0.15) is 57.6 Å². The molecule has 12 rings (SSSR count). The van der Waals surface area contributed by atoms with Crippen molar-refractivity contribution >= 4 is 89.6 Å². The number of nitrogens with zero attached hydrogens (tertiary/aromatic N) is 6. The van der Waals surface area contributed by atoms with Crippen molar-refractivity contribution in [3.05, 3.63) is 229 Å². The minimum absolute atomic E-state index is 0. The van der Waals surface area contributed by atoms with Crippen molar-refractivity contribution in [3.63, 3.8) is 0 Å². The van der Waals surface area contributed by atoms with Gasteiger partial charge in [0, 0.05) is 67.6 Å². The Hall–Kier alpha value is -9.59. The van der Waals surface area contributed by atoms with Gasteiger partial charge in [-0.1, -0.05) is 89.4 Å². The van der Waals surface area contributed by atoms with E-state index in [1.807, 2.05) is 32.9 Å². The van der Waals surface area contributed by atoms with E-state index in [4.69, 9.17) is 79.0 Å². The molecule has 3 fully saturated rings. The average molecular weight is 1620 g/mol. The maximum absolute atomic E-state index is 15.0. The Morgan fingerprint density at radius 2 is 0.839 bits per heavy atom. The molecule has 3 aromatic heterocycles. The third-order valence-corrected chi connectivity index (χ3v) is 20.0. The number of amides is 3. The number of carbonyl (C=O) groups excluding carboxylic acids is 4. The van der Waals surface area contributed by atoms with Crippen LogP contribution in [0.4, 0.5) is 35.4 Å². The van der Waals surface area contributed by atoms with Crippen LogP contribution < -0.4 is 50.4 Å². The van der Waals surface area contributed by atoms with Crippen molar-refractivity contribution in [2.45, 2.75) is 157 Å². The number of nitrogens with two attached hydrogens (primary N) is 6. The predicted octanol–water partition coefficient (Wildman–Crippen LogP) is 13.6. The number of ether oxygens (including phenoxy) is 2. The SMILES string of the molecule is COC(=O)c1ccc(-c2nc(C3CCC(NC(=O)OC(C)(C)C)CC3)cnc2N)cc1F.N[C@H](CO)c1cccc(Cl)c1.Nc1ncc(C2CCC(N)CC2)nc1-c1ccc(C(=O)N[C@H](CO)c2cccc(Cl)c2)c(F)c1.Nc1ncc(C2CCC(N)CC2)nc1-c1ccc(C(=O)N[C@H](CO)c2cccc(Cl)c2)c(F)c1.S. The second kappa shape index (κ2) is 41.3. The fourth-order valence-corrected chi connectivity index (χ4v) is 13.8. The van der Waals surface area contributed by atoms with E-state index >= 15 is 0 Å². The van der Waals surface area contributed by atoms with E-state index in [0.717, 1.165) is 99.7 Å². The minimum atomic E-state index is -0.751. The summed E-state index contributed by atoms with van der Waals surface area (Å²) in [5.74, 6) is -3.05. The fraction of sp³-hybridized carbons (Fsp3) is 0.358. The lowest BCUT2D eigenvalue weighted by atomic mass is 9.84. The summed E-state index contributed by atoms with van der Waals surface area (Å²) in [7, 11) is 1.19. The highest BCUT2D eigenvalue weighted by molar-refractivity contribution is 7.59. The van der Waals surface area contributed by atoms with Crippen LogP contribution in [0.2, 0.25) is 15.1 Å². The van der Waals surface area contributed by atoms with Crippen LogP contribution in [0.5, 0.6) is 0 Å². The zero-order valence-electron chi connectivity index (χ0n) is 62.4. The zero-order valence-corrected chi connectivity index (χ0v) is 65.6. The number of benzene rings is 6. The Kier molecular flexibility index (Phi) is 32.4. The van der Waals surface area contributed by atoms with Gasteiger partial charge < -0.3 is 75.1 Å². The molecule has 0 bridgehead atoms. The van der Waals surface area contributed by atoms with E-state index in [0.29, 0.717) is 60.0 Å². The lowest BCUT2D eigenvalue weighted by Crippen LogP contribution is -2.40. The number of hydrogen-bond acceptors (Lipinski definition) is 21. The molecule has 596 valence electrons. The van der Waals surface area contributed by atoms with Crippen molar-refractivity contribution in [2.24, 2.45) is 17.2 Å². The van der Waals surface area contributed by atoms with Gasteiger partial charge in [0.25, 0.3) is 11.8 Å². The summed E-state index contributed by atoms with van der Waals surface area (Å²) in [6.07, 6.45) is 15.2. The van der Waals surface area contributed by atoms with Gasteiger partial charge in [-0.15, -0.1) is 0 Å². The van der Waals surface area contributed by atoms with Crippen molar-refractivity contribution in [1.29, 1.82) is 0 Å². The third kappa shape index (κ3) is 24.5. The van der Waals surface area contributed by atoms with Crippen LogP contribution in [0.3, 0.4) is 0 Å². The van der Waals surface area contributed by atoms with Crippen molar-refractivity contribution in [3.8, 4) is 33.8 Å². The fourth-order valence-electron chi connectivity index (χ4n) is 13.2. The number of carbonyl (C=O) groups is 4. The quantitative estimate of drug-likeness (QED) is 0.0355. The van der Waals surface area contributed by atoms with E-state index < -0.39 is 59.0 Å². The van der Waals surface area contributed by atoms with Gasteiger partial charge in [0.05, 0.1) is 97.4 Å². The van der Waals surface area contributed by atoms with Crippen molar-refractivity contribution in [2.75, 3.05) is 44.1 Å². The molecule has 3 aliphatic rings. The second-order valence-electron chi connectivity index (χ2n) is 28.5. The highest BCUT2D eigenvalue weighted by Crippen LogP contribution is 2.38. The lowest BCUT2D eigenvalue weighted by molar-refractivity contribution is 0.0489.